The largest absolute Gasteiger partial charge is 0.508 e. The zero-order chi connectivity index (χ0) is 17.6. The molecule has 0 aromatic heterocycles. The molecule has 0 fully saturated rings. The van der Waals surface area contributed by atoms with Crippen molar-refractivity contribution >= 4 is 17.7 Å². The second-order valence-corrected chi connectivity index (χ2v) is 8.44. The van der Waals surface area contributed by atoms with Gasteiger partial charge in [0.1, 0.15) is 11.4 Å². The Kier molecular flexibility index (Phi) is 7.46. The predicted octanol–water partition coefficient (Wildman–Crippen LogP) is 5.19. The summed E-state index contributed by atoms with van der Waals surface area (Å²) in [6, 6.07) is 7.22. The van der Waals surface area contributed by atoms with Gasteiger partial charge in [-0.1, -0.05) is 32.9 Å². The lowest BCUT2D eigenvalue weighted by Crippen LogP contribution is -2.34. The molecule has 2 unspecified atom stereocenters. The van der Waals surface area contributed by atoms with E-state index in [2.05, 4.69) is 20.8 Å². The van der Waals surface area contributed by atoms with Crippen LogP contribution in [0.4, 0.5) is 0 Å². The Bertz CT molecular complexity index is 506. The van der Waals surface area contributed by atoms with Crippen molar-refractivity contribution in [2.45, 2.75) is 58.8 Å². The summed E-state index contributed by atoms with van der Waals surface area (Å²) in [5.74, 6) is 0.946. The summed E-state index contributed by atoms with van der Waals surface area (Å²) in [5.41, 5.74) is 0.483. The third-order valence-corrected chi connectivity index (χ3v) is 4.99. The fourth-order valence-electron chi connectivity index (χ4n) is 2.47. The minimum absolute atomic E-state index is 0.0168. The van der Waals surface area contributed by atoms with Crippen LogP contribution in [0.15, 0.2) is 24.3 Å². The topological polar surface area (TPSA) is 46.5 Å². The van der Waals surface area contributed by atoms with Crippen LogP contribution in [-0.4, -0.2) is 22.4 Å². The molecule has 3 nitrogen and oxygen atoms in total. The lowest BCUT2D eigenvalue weighted by atomic mass is 9.88. The summed E-state index contributed by atoms with van der Waals surface area (Å²) in [7, 11) is 0. The Hall–Kier alpha value is -1.16. The SMILES string of the molecule is CCCSC(c1cccc(O)c1)C(C(=O)OC(C)(C)C)C(C)C. The van der Waals surface area contributed by atoms with Gasteiger partial charge in [-0.25, -0.2) is 0 Å². The molecule has 0 spiro atoms. The van der Waals surface area contributed by atoms with Gasteiger partial charge in [0.2, 0.25) is 0 Å². The number of hydrogen-bond donors (Lipinski definition) is 1. The second-order valence-electron chi connectivity index (χ2n) is 7.19. The third-order valence-electron chi connectivity index (χ3n) is 3.42. The standard InChI is InChI=1S/C19H30O3S/c1-7-11-23-17(14-9-8-10-15(20)12-14)16(13(2)3)18(21)22-19(4,5)6/h8-10,12-13,16-17,20H,7,11H2,1-6H3. The highest BCUT2D eigenvalue weighted by Crippen LogP contribution is 2.42. The van der Waals surface area contributed by atoms with Crippen LogP contribution in [0.2, 0.25) is 0 Å². The van der Waals surface area contributed by atoms with Gasteiger partial charge in [-0.2, -0.15) is 11.8 Å². The van der Waals surface area contributed by atoms with Gasteiger partial charge < -0.3 is 9.84 Å². The van der Waals surface area contributed by atoms with Crippen molar-refractivity contribution in [3.05, 3.63) is 29.8 Å². The minimum Gasteiger partial charge on any atom is -0.508 e. The molecule has 0 saturated heterocycles. The molecule has 0 amide bonds. The molecule has 0 aliphatic rings. The number of phenols is 1. The summed E-state index contributed by atoms with van der Waals surface area (Å²) < 4.78 is 5.66. The zero-order valence-corrected chi connectivity index (χ0v) is 15.9. The Morgan fingerprint density at radius 1 is 1.30 bits per heavy atom. The highest BCUT2D eigenvalue weighted by Gasteiger charge is 2.35. The number of hydrogen-bond acceptors (Lipinski definition) is 4. The van der Waals surface area contributed by atoms with Gasteiger partial charge in [-0.05, 0) is 56.6 Å². The lowest BCUT2D eigenvalue weighted by Gasteiger charge is -2.31. The van der Waals surface area contributed by atoms with E-state index in [0.717, 1.165) is 17.7 Å². The average Bonchev–Trinajstić information content (AvgIpc) is 2.40. The van der Waals surface area contributed by atoms with Crippen LogP contribution in [0.25, 0.3) is 0 Å². The van der Waals surface area contributed by atoms with Gasteiger partial charge in [0.05, 0.1) is 5.92 Å². The van der Waals surface area contributed by atoms with Crippen LogP contribution in [0.5, 0.6) is 5.75 Å². The second kappa shape index (κ2) is 8.62. The lowest BCUT2D eigenvalue weighted by molar-refractivity contribution is -0.161. The summed E-state index contributed by atoms with van der Waals surface area (Å²) in [6.07, 6.45) is 1.04. The molecule has 0 aliphatic heterocycles. The van der Waals surface area contributed by atoms with E-state index in [4.69, 9.17) is 4.74 Å². The van der Waals surface area contributed by atoms with E-state index in [1.165, 1.54) is 0 Å². The van der Waals surface area contributed by atoms with Crippen molar-refractivity contribution in [3.8, 4) is 5.75 Å². The Morgan fingerprint density at radius 2 is 1.96 bits per heavy atom. The van der Waals surface area contributed by atoms with Crippen LogP contribution in [0, 0.1) is 11.8 Å². The molecule has 1 aromatic carbocycles. The molecule has 1 rings (SSSR count). The van der Waals surface area contributed by atoms with E-state index in [-0.39, 0.29) is 28.8 Å². The van der Waals surface area contributed by atoms with Gasteiger partial charge >= 0.3 is 5.97 Å². The Morgan fingerprint density at radius 3 is 2.43 bits per heavy atom. The zero-order valence-electron chi connectivity index (χ0n) is 15.1. The Labute approximate surface area is 144 Å². The van der Waals surface area contributed by atoms with Crippen LogP contribution in [0.1, 0.15) is 58.8 Å². The van der Waals surface area contributed by atoms with E-state index in [1.54, 1.807) is 23.9 Å². The quantitative estimate of drug-likeness (QED) is 0.695. The first-order valence-electron chi connectivity index (χ1n) is 8.29. The van der Waals surface area contributed by atoms with Crippen molar-refractivity contribution in [2.75, 3.05) is 5.75 Å². The molecule has 4 heteroatoms. The van der Waals surface area contributed by atoms with Crippen molar-refractivity contribution in [2.24, 2.45) is 11.8 Å². The highest BCUT2D eigenvalue weighted by atomic mass is 32.2. The first kappa shape index (κ1) is 19.9. The normalized spacial score (nSPS) is 14.6. The molecule has 0 aliphatic carbocycles. The van der Waals surface area contributed by atoms with E-state index in [0.29, 0.717) is 0 Å². The van der Waals surface area contributed by atoms with Crippen molar-refractivity contribution in [1.82, 2.24) is 0 Å². The van der Waals surface area contributed by atoms with Gasteiger partial charge in [0, 0.05) is 5.25 Å². The molecule has 0 saturated carbocycles. The van der Waals surface area contributed by atoms with Crippen molar-refractivity contribution in [3.63, 3.8) is 0 Å². The van der Waals surface area contributed by atoms with E-state index in [1.807, 2.05) is 32.9 Å². The number of esters is 1. The molecule has 1 N–H and O–H groups in total. The fraction of sp³-hybridized carbons (Fsp3) is 0.632. The predicted molar refractivity (Wildman–Crippen MR) is 97.8 cm³/mol. The molecule has 0 heterocycles. The number of aromatic hydroxyl groups is 1. The fourth-order valence-corrected chi connectivity index (χ4v) is 3.93. The molecule has 1 aromatic rings. The van der Waals surface area contributed by atoms with Gasteiger partial charge in [0.25, 0.3) is 0 Å². The van der Waals surface area contributed by atoms with Crippen LogP contribution in [-0.2, 0) is 9.53 Å². The molecular formula is C19H30O3S. The van der Waals surface area contributed by atoms with Crippen LogP contribution in [0.3, 0.4) is 0 Å². The maximum absolute atomic E-state index is 12.8. The molecule has 130 valence electrons. The molecular weight excluding hydrogens is 308 g/mol. The smallest absolute Gasteiger partial charge is 0.311 e. The summed E-state index contributed by atoms with van der Waals surface area (Å²) >= 11 is 1.76. The molecule has 0 radical (unpaired) electrons. The summed E-state index contributed by atoms with van der Waals surface area (Å²) in [4.78, 5) is 12.8. The van der Waals surface area contributed by atoms with E-state index >= 15 is 0 Å². The number of carbonyl (C=O) groups excluding carboxylic acids is 1. The number of thioether (sulfide) groups is 1. The van der Waals surface area contributed by atoms with E-state index < -0.39 is 5.60 Å². The van der Waals surface area contributed by atoms with Gasteiger partial charge in [-0.3, -0.25) is 4.79 Å². The molecule has 23 heavy (non-hydrogen) atoms. The van der Waals surface area contributed by atoms with Gasteiger partial charge in [0.15, 0.2) is 0 Å². The van der Waals surface area contributed by atoms with Crippen LogP contribution < -0.4 is 0 Å². The monoisotopic (exact) mass is 338 g/mol. The number of phenolic OH excluding ortho intramolecular Hbond substituents is 1. The van der Waals surface area contributed by atoms with Crippen molar-refractivity contribution < 1.29 is 14.6 Å². The maximum Gasteiger partial charge on any atom is 0.311 e. The third kappa shape index (κ3) is 6.46. The molecule has 0 bridgehead atoms. The number of benzene rings is 1. The Balaban J connectivity index is 3.15. The van der Waals surface area contributed by atoms with Crippen LogP contribution >= 0.6 is 11.8 Å². The highest BCUT2D eigenvalue weighted by molar-refractivity contribution is 7.99. The number of carbonyl (C=O) groups is 1. The molecule has 2 atom stereocenters. The maximum atomic E-state index is 12.8. The van der Waals surface area contributed by atoms with Gasteiger partial charge in [-0.15, -0.1) is 0 Å². The summed E-state index contributed by atoms with van der Waals surface area (Å²) in [6.45, 7) is 11.9. The minimum atomic E-state index is -0.497. The number of rotatable bonds is 7. The first-order valence-corrected chi connectivity index (χ1v) is 9.34. The average molecular weight is 339 g/mol. The van der Waals surface area contributed by atoms with E-state index in [9.17, 15) is 9.90 Å². The number of ether oxygens (including phenoxy) is 1. The van der Waals surface area contributed by atoms with Crippen molar-refractivity contribution in [1.29, 1.82) is 0 Å². The summed E-state index contributed by atoms with van der Waals surface area (Å²) in [5, 5.41) is 9.79. The first-order chi connectivity index (χ1) is 10.7.